The van der Waals surface area contributed by atoms with Crippen LogP contribution in [0.1, 0.15) is 38.3 Å². The van der Waals surface area contributed by atoms with Gasteiger partial charge in [-0.1, -0.05) is 0 Å². The van der Waals surface area contributed by atoms with Gasteiger partial charge >= 0.3 is 0 Å². The van der Waals surface area contributed by atoms with Gasteiger partial charge in [-0.3, -0.25) is 4.68 Å². The first-order valence-corrected chi connectivity index (χ1v) is 5.52. The molecule has 0 aromatic carbocycles. The summed E-state index contributed by atoms with van der Waals surface area (Å²) in [5.41, 5.74) is 1.36. The molecule has 1 aromatic rings. The Bertz CT molecular complexity index is 284. The summed E-state index contributed by atoms with van der Waals surface area (Å²) in [6.45, 7) is 5.50. The van der Waals surface area contributed by atoms with E-state index in [4.69, 9.17) is 0 Å². The fourth-order valence-corrected chi connectivity index (χ4v) is 1.98. The molecular weight excluding hydrogens is 174 g/mol. The third kappa shape index (κ3) is 2.15. The van der Waals surface area contributed by atoms with Gasteiger partial charge in [0, 0.05) is 18.3 Å². The Morgan fingerprint density at radius 1 is 1.64 bits per heavy atom. The van der Waals surface area contributed by atoms with E-state index in [1.807, 2.05) is 10.9 Å². The van der Waals surface area contributed by atoms with Crippen LogP contribution >= 0.6 is 0 Å². The van der Waals surface area contributed by atoms with E-state index in [-0.39, 0.29) is 0 Å². The molecule has 0 aliphatic carbocycles. The van der Waals surface area contributed by atoms with Crippen molar-refractivity contribution in [1.82, 2.24) is 15.1 Å². The minimum absolute atomic E-state index is 0.472. The zero-order valence-corrected chi connectivity index (χ0v) is 9.03. The first-order valence-electron chi connectivity index (χ1n) is 5.52. The number of nitrogens with zero attached hydrogens (tertiary/aromatic N) is 2. The summed E-state index contributed by atoms with van der Waals surface area (Å²) in [6.07, 6.45) is 7.94. The van der Waals surface area contributed by atoms with Crippen molar-refractivity contribution in [2.24, 2.45) is 0 Å². The Balaban J connectivity index is 1.95. The molecule has 1 N–H and O–H groups in total. The van der Waals surface area contributed by atoms with Gasteiger partial charge < -0.3 is 5.32 Å². The quantitative estimate of drug-likeness (QED) is 0.792. The Morgan fingerprint density at radius 2 is 2.50 bits per heavy atom. The summed E-state index contributed by atoms with van der Waals surface area (Å²) >= 11 is 0. The predicted octanol–water partition coefficient (Wildman–Crippen LogP) is 1.76. The highest BCUT2D eigenvalue weighted by molar-refractivity contribution is 5.07. The van der Waals surface area contributed by atoms with Crippen molar-refractivity contribution in [3.63, 3.8) is 0 Å². The van der Waals surface area contributed by atoms with Crippen LogP contribution < -0.4 is 5.32 Å². The highest BCUT2D eigenvalue weighted by atomic mass is 15.3. The van der Waals surface area contributed by atoms with Crippen molar-refractivity contribution < 1.29 is 0 Å². The van der Waals surface area contributed by atoms with E-state index >= 15 is 0 Å². The standard InChI is InChI=1S/C11H19N3/c1-9(2)14-8-10(7-13-14)6-11-4-3-5-12-11/h7-9,11-12H,3-6H2,1-2H3. The largest absolute Gasteiger partial charge is 0.314 e. The van der Waals surface area contributed by atoms with Crippen LogP contribution in [0.3, 0.4) is 0 Å². The van der Waals surface area contributed by atoms with Gasteiger partial charge in [0.05, 0.1) is 6.20 Å². The lowest BCUT2D eigenvalue weighted by atomic mass is 10.1. The van der Waals surface area contributed by atoms with E-state index in [9.17, 15) is 0 Å². The lowest BCUT2D eigenvalue weighted by Gasteiger charge is -2.07. The van der Waals surface area contributed by atoms with E-state index in [2.05, 4.69) is 30.5 Å². The van der Waals surface area contributed by atoms with Crippen LogP contribution in [-0.2, 0) is 6.42 Å². The van der Waals surface area contributed by atoms with Crippen molar-refractivity contribution in [2.45, 2.75) is 45.2 Å². The summed E-state index contributed by atoms with van der Waals surface area (Å²) in [6, 6.07) is 1.15. The molecule has 1 unspecified atom stereocenters. The van der Waals surface area contributed by atoms with E-state index < -0.39 is 0 Å². The molecule has 14 heavy (non-hydrogen) atoms. The van der Waals surface area contributed by atoms with Crippen molar-refractivity contribution in [3.05, 3.63) is 18.0 Å². The second-order valence-corrected chi connectivity index (χ2v) is 4.42. The van der Waals surface area contributed by atoms with Gasteiger partial charge in [-0.2, -0.15) is 5.10 Å². The zero-order chi connectivity index (χ0) is 9.97. The van der Waals surface area contributed by atoms with Crippen LogP contribution in [0.15, 0.2) is 12.4 Å². The minimum Gasteiger partial charge on any atom is -0.314 e. The minimum atomic E-state index is 0.472. The first-order chi connectivity index (χ1) is 6.75. The van der Waals surface area contributed by atoms with Crippen LogP contribution in [0.4, 0.5) is 0 Å². The summed E-state index contributed by atoms with van der Waals surface area (Å²) < 4.78 is 2.03. The number of aromatic nitrogens is 2. The predicted molar refractivity (Wildman–Crippen MR) is 57.3 cm³/mol. The molecule has 1 aliphatic rings. The average Bonchev–Trinajstić information content (AvgIpc) is 2.75. The molecule has 0 bridgehead atoms. The molecule has 3 heteroatoms. The van der Waals surface area contributed by atoms with Gasteiger partial charge in [-0.15, -0.1) is 0 Å². The van der Waals surface area contributed by atoms with Gasteiger partial charge in [0.25, 0.3) is 0 Å². The Morgan fingerprint density at radius 3 is 3.07 bits per heavy atom. The van der Waals surface area contributed by atoms with Crippen molar-refractivity contribution in [1.29, 1.82) is 0 Å². The SMILES string of the molecule is CC(C)n1cc(CC2CCCN2)cn1. The zero-order valence-electron chi connectivity index (χ0n) is 9.03. The summed E-state index contributed by atoms with van der Waals surface area (Å²) in [4.78, 5) is 0. The second-order valence-electron chi connectivity index (χ2n) is 4.42. The molecule has 1 saturated heterocycles. The number of hydrogen-bond donors (Lipinski definition) is 1. The van der Waals surface area contributed by atoms with E-state index in [1.54, 1.807) is 0 Å². The maximum absolute atomic E-state index is 4.35. The molecule has 0 amide bonds. The molecule has 1 aromatic heterocycles. The highest BCUT2D eigenvalue weighted by Gasteiger charge is 2.15. The topological polar surface area (TPSA) is 29.9 Å². The molecule has 0 saturated carbocycles. The highest BCUT2D eigenvalue weighted by Crippen LogP contribution is 2.12. The molecule has 2 rings (SSSR count). The van der Waals surface area contributed by atoms with Gasteiger partial charge in [0.2, 0.25) is 0 Å². The molecule has 2 heterocycles. The average molecular weight is 193 g/mol. The second kappa shape index (κ2) is 4.13. The van der Waals surface area contributed by atoms with E-state index in [0.717, 1.165) is 6.42 Å². The van der Waals surface area contributed by atoms with Gasteiger partial charge in [0.1, 0.15) is 0 Å². The monoisotopic (exact) mass is 193 g/mol. The molecule has 3 nitrogen and oxygen atoms in total. The van der Waals surface area contributed by atoms with Crippen LogP contribution in [0.5, 0.6) is 0 Å². The van der Waals surface area contributed by atoms with Gasteiger partial charge in [-0.25, -0.2) is 0 Å². The van der Waals surface area contributed by atoms with Crippen molar-refractivity contribution in [2.75, 3.05) is 6.54 Å². The fourth-order valence-electron chi connectivity index (χ4n) is 1.98. The van der Waals surface area contributed by atoms with Crippen LogP contribution in [0, 0.1) is 0 Å². The summed E-state index contributed by atoms with van der Waals surface area (Å²) in [7, 11) is 0. The van der Waals surface area contributed by atoms with Crippen LogP contribution in [0.25, 0.3) is 0 Å². The van der Waals surface area contributed by atoms with Crippen molar-refractivity contribution >= 4 is 0 Å². The molecule has 1 aliphatic heterocycles. The Hall–Kier alpha value is -0.830. The van der Waals surface area contributed by atoms with Gasteiger partial charge in [0.15, 0.2) is 0 Å². The molecule has 0 radical (unpaired) electrons. The summed E-state index contributed by atoms with van der Waals surface area (Å²) in [5.74, 6) is 0. The molecule has 1 fully saturated rings. The van der Waals surface area contributed by atoms with Crippen LogP contribution in [-0.4, -0.2) is 22.4 Å². The molecule has 0 spiro atoms. The smallest absolute Gasteiger partial charge is 0.0522 e. The summed E-state index contributed by atoms with van der Waals surface area (Å²) in [5, 5.41) is 7.85. The number of hydrogen-bond acceptors (Lipinski definition) is 2. The third-order valence-corrected chi connectivity index (χ3v) is 2.83. The maximum atomic E-state index is 4.35. The maximum Gasteiger partial charge on any atom is 0.0522 e. The molecule has 78 valence electrons. The van der Waals surface area contributed by atoms with Crippen LogP contribution in [0.2, 0.25) is 0 Å². The normalized spacial score (nSPS) is 22.1. The Kier molecular flexibility index (Phi) is 2.87. The first kappa shape index (κ1) is 9.71. The fraction of sp³-hybridized carbons (Fsp3) is 0.727. The lowest BCUT2D eigenvalue weighted by molar-refractivity contribution is 0.531. The van der Waals surface area contributed by atoms with E-state index in [0.29, 0.717) is 12.1 Å². The molecule has 1 atom stereocenters. The lowest BCUT2D eigenvalue weighted by Crippen LogP contribution is -2.23. The Labute approximate surface area is 85.5 Å². The number of nitrogens with one attached hydrogen (secondary N) is 1. The van der Waals surface area contributed by atoms with Gasteiger partial charge in [-0.05, 0) is 45.2 Å². The van der Waals surface area contributed by atoms with Crippen molar-refractivity contribution in [3.8, 4) is 0 Å². The molecular formula is C11H19N3. The number of rotatable bonds is 3. The van der Waals surface area contributed by atoms with E-state index in [1.165, 1.54) is 24.9 Å². The third-order valence-electron chi connectivity index (χ3n) is 2.83.